The Balaban J connectivity index is 1.32. The van der Waals surface area contributed by atoms with Gasteiger partial charge in [0.1, 0.15) is 5.82 Å². The van der Waals surface area contributed by atoms with E-state index in [1.807, 2.05) is 18.2 Å². The van der Waals surface area contributed by atoms with E-state index >= 15 is 0 Å². The number of aromatic amines is 1. The van der Waals surface area contributed by atoms with Crippen LogP contribution in [0.3, 0.4) is 0 Å². The van der Waals surface area contributed by atoms with E-state index in [4.69, 9.17) is 16.6 Å². The number of nitrogens with one attached hydrogen (secondary N) is 1. The van der Waals surface area contributed by atoms with Gasteiger partial charge in [0.2, 0.25) is 0 Å². The van der Waals surface area contributed by atoms with E-state index in [0.717, 1.165) is 70.8 Å². The molecule has 7 rings (SSSR count). The lowest BCUT2D eigenvalue weighted by atomic mass is 9.92. The van der Waals surface area contributed by atoms with Crippen LogP contribution in [-0.2, 0) is 25.8 Å². The van der Waals surface area contributed by atoms with E-state index in [-0.39, 0.29) is 0 Å². The van der Waals surface area contributed by atoms with E-state index in [2.05, 4.69) is 106 Å². The number of aryl methyl sites for hydroxylation is 4. The van der Waals surface area contributed by atoms with Gasteiger partial charge in [-0.25, -0.2) is 10.1 Å². The fourth-order valence-electron chi connectivity index (χ4n) is 6.20. The Morgan fingerprint density at radius 1 is 0.905 bits per heavy atom. The monoisotopic (exact) mass is 570 g/mol. The first kappa shape index (κ1) is 26.4. The highest BCUT2D eigenvalue weighted by atomic mass is 35.5. The highest BCUT2D eigenvalue weighted by molar-refractivity contribution is 6.30. The molecule has 0 aliphatic heterocycles. The number of nitrogens with zero attached hydrogens (tertiary/aromatic N) is 5. The summed E-state index contributed by atoms with van der Waals surface area (Å²) in [5.74, 6) is 1.77. The standard InChI is InChI=1S/C35H31ClN6/c1-3-7-34-37-35-22(2)16-27(25-9-6-10-28(36)18-25)19-32(35)42(34)21-23-12-15-30-26(17-23)14-13-24-8-4-5-11-29(24)31(30)20-33-38-40-41-39-33/h4-6,8-12,15-20H,3,7,13-14,21H2,1-2H3,(H,38,39,40,41). The van der Waals surface area contributed by atoms with Crippen LogP contribution in [0.2, 0.25) is 5.02 Å². The van der Waals surface area contributed by atoms with Crippen LogP contribution < -0.4 is 0 Å². The van der Waals surface area contributed by atoms with Crippen molar-refractivity contribution in [3.63, 3.8) is 0 Å². The number of rotatable bonds is 6. The quantitative estimate of drug-likeness (QED) is 0.221. The SMILES string of the molecule is CCCc1nc2c(C)cc(-c3cccc(Cl)c3)cc2n1Cc1ccc2c(c1)CCc1ccccc1C2=Cc1nnn[nH]1. The van der Waals surface area contributed by atoms with Crippen molar-refractivity contribution in [2.24, 2.45) is 0 Å². The van der Waals surface area contributed by atoms with Crippen molar-refractivity contribution in [1.29, 1.82) is 0 Å². The second kappa shape index (κ2) is 11.0. The first-order valence-corrected chi connectivity index (χ1v) is 14.9. The van der Waals surface area contributed by atoms with Gasteiger partial charge in [-0.3, -0.25) is 0 Å². The maximum Gasteiger partial charge on any atom is 0.172 e. The lowest BCUT2D eigenvalue weighted by Crippen LogP contribution is -2.06. The van der Waals surface area contributed by atoms with Crippen molar-refractivity contribution in [2.75, 3.05) is 0 Å². The number of aromatic nitrogens is 6. The third-order valence-electron chi connectivity index (χ3n) is 8.17. The number of imidazole rings is 1. The molecule has 0 spiro atoms. The van der Waals surface area contributed by atoms with E-state index in [1.165, 1.54) is 33.4 Å². The van der Waals surface area contributed by atoms with Gasteiger partial charge < -0.3 is 4.57 Å². The Morgan fingerprint density at radius 3 is 2.60 bits per heavy atom. The molecule has 0 unspecified atom stereocenters. The average Bonchev–Trinajstić information content (AvgIpc) is 3.60. The molecular weight excluding hydrogens is 540 g/mol. The smallest absolute Gasteiger partial charge is 0.172 e. The van der Waals surface area contributed by atoms with Gasteiger partial charge in [0.05, 0.1) is 11.0 Å². The number of hydrogen-bond acceptors (Lipinski definition) is 4. The summed E-state index contributed by atoms with van der Waals surface area (Å²) in [4.78, 5) is 5.14. The molecule has 1 aliphatic carbocycles. The van der Waals surface area contributed by atoms with Crippen LogP contribution in [0, 0.1) is 6.92 Å². The van der Waals surface area contributed by atoms with Crippen molar-refractivity contribution < 1.29 is 0 Å². The third kappa shape index (κ3) is 4.92. The fourth-order valence-corrected chi connectivity index (χ4v) is 6.39. The Morgan fingerprint density at radius 2 is 1.76 bits per heavy atom. The summed E-state index contributed by atoms with van der Waals surface area (Å²) in [5.41, 5.74) is 13.2. The van der Waals surface area contributed by atoms with Crippen LogP contribution in [0.15, 0.2) is 78.9 Å². The maximum atomic E-state index is 6.35. The third-order valence-corrected chi connectivity index (χ3v) is 8.40. The summed E-state index contributed by atoms with van der Waals surface area (Å²) in [7, 11) is 0. The van der Waals surface area contributed by atoms with Crippen molar-refractivity contribution in [3.8, 4) is 11.1 Å². The minimum Gasteiger partial charge on any atom is -0.323 e. The predicted octanol–water partition coefficient (Wildman–Crippen LogP) is 7.87. The molecule has 0 fully saturated rings. The highest BCUT2D eigenvalue weighted by Gasteiger charge is 2.20. The number of fused-ring (bicyclic) bond motifs is 3. The molecule has 2 heterocycles. The molecule has 0 radical (unpaired) electrons. The van der Waals surface area contributed by atoms with Gasteiger partial charge in [-0.2, -0.15) is 0 Å². The van der Waals surface area contributed by atoms with E-state index in [1.54, 1.807) is 0 Å². The molecule has 4 aromatic carbocycles. The molecule has 1 N–H and O–H groups in total. The lowest BCUT2D eigenvalue weighted by molar-refractivity contribution is 0.721. The number of H-pyrrole nitrogens is 1. The van der Waals surface area contributed by atoms with Crippen molar-refractivity contribution in [2.45, 2.75) is 46.1 Å². The Bertz CT molecular complexity index is 1950. The molecule has 0 saturated heterocycles. The summed E-state index contributed by atoms with van der Waals surface area (Å²) in [6.45, 7) is 5.13. The molecule has 0 bridgehead atoms. The average molecular weight is 571 g/mol. The summed E-state index contributed by atoms with van der Waals surface area (Å²) in [5, 5.41) is 15.3. The second-order valence-electron chi connectivity index (χ2n) is 11.0. The molecule has 42 heavy (non-hydrogen) atoms. The molecule has 0 saturated carbocycles. The minimum atomic E-state index is 0.650. The number of tetrazole rings is 1. The van der Waals surface area contributed by atoms with Crippen LogP contribution in [0.25, 0.3) is 33.8 Å². The Kier molecular flexibility index (Phi) is 6.92. The van der Waals surface area contributed by atoms with Crippen LogP contribution in [-0.4, -0.2) is 30.2 Å². The van der Waals surface area contributed by atoms with Crippen LogP contribution >= 0.6 is 11.6 Å². The predicted molar refractivity (Wildman–Crippen MR) is 169 cm³/mol. The summed E-state index contributed by atoms with van der Waals surface area (Å²) >= 11 is 6.35. The fraction of sp³-hybridized carbons (Fsp3) is 0.200. The number of benzene rings is 4. The summed E-state index contributed by atoms with van der Waals surface area (Å²) in [6.07, 6.45) is 5.98. The number of hydrogen-bond donors (Lipinski definition) is 1. The molecule has 6 nitrogen and oxygen atoms in total. The zero-order chi connectivity index (χ0) is 28.6. The zero-order valence-corrected chi connectivity index (χ0v) is 24.5. The summed E-state index contributed by atoms with van der Waals surface area (Å²) < 4.78 is 2.41. The largest absolute Gasteiger partial charge is 0.323 e. The van der Waals surface area contributed by atoms with Gasteiger partial charge in [-0.15, -0.1) is 5.10 Å². The Hall–Kier alpha value is -4.55. The lowest BCUT2D eigenvalue weighted by Gasteiger charge is -2.15. The first-order valence-electron chi connectivity index (χ1n) is 14.5. The molecule has 1 aliphatic rings. The van der Waals surface area contributed by atoms with E-state index < -0.39 is 0 Å². The van der Waals surface area contributed by atoms with Crippen molar-refractivity contribution in [3.05, 3.63) is 129 Å². The first-order chi connectivity index (χ1) is 20.6. The summed E-state index contributed by atoms with van der Waals surface area (Å²) in [6, 6.07) is 28.1. The molecule has 0 atom stereocenters. The van der Waals surface area contributed by atoms with Crippen LogP contribution in [0.4, 0.5) is 0 Å². The van der Waals surface area contributed by atoms with Gasteiger partial charge >= 0.3 is 0 Å². The van der Waals surface area contributed by atoms with Crippen LogP contribution in [0.1, 0.15) is 58.4 Å². The van der Waals surface area contributed by atoms with Crippen molar-refractivity contribution in [1.82, 2.24) is 30.2 Å². The van der Waals surface area contributed by atoms with Gasteiger partial charge in [-0.1, -0.05) is 73.1 Å². The van der Waals surface area contributed by atoms with Gasteiger partial charge in [0.15, 0.2) is 5.82 Å². The molecular formula is C35H31ClN6. The Labute approximate surface area is 250 Å². The highest BCUT2D eigenvalue weighted by Crippen LogP contribution is 2.36. The molecule has 6 aromatic rings. The van der Waals surface area contributed by atoms with Gasteiger partial charge in [0.25, 0.3) is 0 Å². The molecule has 7 heteroatoms. The molecule has 2 aromatic heterocycles. The molecule has 208 valence electrons. The van der Waals surface area contributed by atoms with Crippen LogP contribution in [0.5, 0.6) is 0 Å². The van der Waals surface area contributed by atoms with E-state index in [0.29, 0.717) is 5.82 Å². The van der Waals surface area contributed by atoms with E-state index in [9.17, 15) is 0 Å². The molecule has 0 amide bonds. The topological polar surface area (TPSA) is 72.3 Å². The second-order valence-corrected chi connectivity index (χ2v) is 11.5. The normalized spacial score (nSPS) is 13.7. The maximum absolute atomic E-state index is 6.35. The van der Waals surface area contributed by atoms with Gasteiger partial charge in [-0.05, 0) is 117 Å². The number of halogens is 1. The van der Waals surface area contributed by atoms with Crippen molar-refractivity contribution >= 4 is 34.3 Å². The minimum absolute atomic E-state index is 0.650. The zero-order valence-electron chi connectivity index (χ0n) is 23.7. The van der Waals surface area contributed by atoms with Gasteiger partial charge in [0, 0.05) is 18.0 Å².